The van der Waals surface area contributed by atoms with Gasteiger partial charge in [-0.05, 0) is 44.0 Å². The van der Waals surface area contributed by atoms with E-state index in [9.17, 15) is 4.79 Å². The number of benzene rings is 1. The number of methoxy groups -OCH3 is 2. The maximum absolute atomic E-state index is 12.9. The standard InChI is InChI=1S/C21H29N3O4/c1-13-10-17(27-5)7-6-16(13)12-22-21(25)19-18-11-14(2)28-15(3)20(18)24(23-19)8-9-26-4/h6-7,10,14-15H,8-9,11-12H2,1-5H3,(H,22,25)/t14-,15+/m1/s1. The van der Waals surface area contributed by atoms with Gasteiger partial charge in [-0.3, -0.25) is 9.48 Å². The van der Waals surface area contributed by atoms with Gasteiger partial charge in [0, 0.05) is 25.6 Å². The molecule has 0 aliphatic carbocycles. The van der Waals surface area contributed by atoms with Crippen LogP contribution in [0.4, 0.5) is 0 Å². The first kappa shape index (κ1) is 20.4. The zero-order valence-corrected chi connectivity index (χ0v) is 17.2. The Bertz CT molecular complexity index is 846. The van der Waals surface area contributed by atoms with Crippen LogP contribution in [-0.4, -0.2) is 42.6 Å². The maximum Gasteiger partial charge on any atom is 0.272 e. The smallest absolute Gasteiger partial charge is 0.272 e. The van der Waals surface area contributed by atoms with Crippen LogP contribution < -0.4 is 10.1 Å². The lowest BCUT2D eigenvalue weighted by molar-refractivity contribution is -0.0101. The number of carbonyl (C=O) groups is 1. The molecule has 1 aromatic heterocycles. The van der Waals surface area contributed by atoms with E-state index in [4.69, 9.17) is 14.2 Å². The van der Waals surface area contributed by atoms with Crippen molar-refractivity contribution in [3.05, 3.63) is 46.3 Å². The highest BCUT2D eigenvalue weighted by atomic mass is 16.5. The van der Waals surface area contributed by atoms with E-state index in [1.807, 2.05) is 43.7 Å². The van der Waals surface area contributed by atoms with Crippen molar-refractivity contribution in [1.29, 1.82) is 0 Å². The minimum Gasteiger partial charge on any atom is -0.497 e. The van der Waals surface area contributed by atoms with E-state index in [-0.39, 0.29) is 18.1 Å². The number of rotatable bonds is 7. The van der Waals surface area contributed by atoms with Gasteiger partial charge in [0.1, 0.15) is 5.75 Å². The molecular weight excluding hydrogens is 358 g/mol. The van der Waals surface area contributed by atoms with Gasteiger partial charge in [-0.1, -0.05) is 6.07 Å². The Labute approximate surface area is 166 Å². The van der Waals surface area contributed by atoms with E-state index in [0.717, 1.165) is 28.1 Å². The summed E-state index contributed by atoms with van der Waals surface area (Å²) in [5, 5.41) is 7.62. The first-order chi connectivity index (χ1) is 13.4. The Hall–Kier alpha value is -2.38. The second-order valence-electron chi connectivity index (χ2n) is 7.20. The SMILES string of the molecule is COCCn1nc(C(=O)NCc2ccc(OC)cc2C)c2c1[C@H](C)O[C@H](C)C2. The second kappa shape index (κ2) is 8.75. The molecule has 1 aliphatic heterocycles. The first-order valence-electron chi connectivity index (χ1n) is 9.60. The molecule has 7 heteroatoms. The lowest BCUT2D eigenvalue weighted by Gasteiger charge is -2.27. The quantitative estimate of drug-likeness (QED) is 0.791. The number of carbonyl (C=O) groups excluding carboxylic acids is 1. The van der Waals surface area contributed by atoms with Crippen LogP contribution in [0.25, 0.3) is 0 Å². The van der Waals surface area contributed by atoms with Gasteiger partial charge < -0.3 is 19.5 Å². The molecule has 2 aromatic rings. The van der Waals surface area contributed by atoms with Crippen LogP contribution in [0.2, 0.25) is 0 Å². The molecule has 152 valence electrons. The Kier molecular flexibility index (Phi) is 6.36. The van der Waals surface area contributed by atoms with Crippen LogP contribution in [0.5, 0.6) is 5.75 Å². The number of ether oxygens (including phenoxy) is 3. The molecule has 2 heterocycles. The van der Waals surface area contributed by atoms with E-state index in [2.05, 4.69) is 10.4 Å². The molecule has 0 radical (unpaired) electrons. The van der Waals surface area contributed by atoms with Gasteiger partial charge in [0.15, 0.2) is 5.69 Å². The Morgan fingerprint density at radius 1 is 1.36 bits per heavy atom. The number of nitrogens with zero attached hydrogens (tertiary/aromatic N) is 2. The summed E-state index contributed by atoms with van der Waals surface area (Å²) in [6, 6.07) is 5.83. The number of amides is 1. The summed E-state index contributed by atoms with van der Waals surface area (Å²) in [4.78, 5) is 12.9. The Morgan fingerprint density at radius 2 is 2.14 bits per heavy atom. The summed E-state index contributed by atoms with van der Waals surface area (Å²) >= 11 is 0. The highest BCUT2D eigenvalue weighted by molar-refractivity contribution is 5.94. The molecule has 1 N–H and O–H groups in total. The fourth-order valence-corrected chi connectivity index (χ4v) is 3.70. The highest BCUT2D eigenvalue weighted by Gasteiger charge is 2.32. The van der Waals surface area contributed by atoms with Crippen molar-refractivity contribution in [3.63, 3.8) is 0 Å². The number of hydrogen-bond acceptors (Lipinski definition) is 5. The van der Waals surface area contributed by atoms with Gasteiger partial charge in [-0.25, -0.2) is 0 Å². The van der Waals surface area contributed by atoms with E-state index in [1.165, 1.54) is 0 Å². The fourth-order valence-electron chi connectivity index (χ4n) is 3.70. The third-order valence-corrected chi connectivity index (χ3v) is 5.12. The summed E-state index contributed by atoms with van der Waals surface area (Å²) in [5.41, 5.74) is 4.56. The third kappa shape index (κ3) is 4.20. The summed E-state index contributed by atoms with van der Waals surface area (Å²) in [7, 11) is 3.30. The van der Waals surface area contributed by atoms with Gasteiger partial charge in [0.05, 0.1) is 38.2 Å². The van der Waals surface area contributed by atoms with Crippen LogP contribution >= 0.6 is 0 Å². The number of aromatic nitrogens is 2. The van der Waals surface area contributed by atoms with Crippen LogP contribution in [0.3, 0.4) is 0 Å². The number of aryl methyl sites for hydroxylation is 1. The van der Waals surface area contributed by atoms with Crippen LogP contribution in [0, 0.1) is 6.92 Å². The average Bonchev–Trinajstić information content (AvgIpc) is 3.03. The van der Waals surface area contributed by atoms with Gasteiger partial charge >= 0.3 is 0 Å². The predicted molar refractivity (Wildman–Crippen MR) is 106 cm³/mol. The molecule has 28 heavy (non-hydrogen) atoms. The van der Waals surface area contributed by atoms with Crippen molar-refractivity contribution in [2.75, 3.05) is 20.8 Å². The topological polar surface area (TPSA) is 74.6 Å². The molecule has 0 saturated heterocycles. The van der Waals surface area contributed by atoms with Gasteiger partial charge in [-0.2, -0.15) is 5.10 Å². The average molecular weight is 387 g/mol. The molecule has 0 unspecified atom stereocenters. The van der Waals surface area contributed by atoms with Crippen LogP contribution in [0.1, 0.15) is 52.8 Å². The summed E-state index contributed by atoms with van der Waals surface area (Å²) in [5.74, 6) is 0.644. The molecule has 1 aromatic carbocycles. The molecule has 1 aliphatic rings. The van der Waals surface area contributed by atoms with E-state index >= 15 is 0 Å². The van der Waals surface area contributed by atoms with Crippen molar-refractivity contribution in [2.45, 2.75) is 52.5 Å². The van der Waals surface area contributed by atoms with Crippen molar-refractivity contribution < 1.29 is 19.0 Å². The lowest BCUT2D eigenvalue weighted by Crippen LogP contribution is -2.27. The third-order valence-electron chi connectivity index (χ3n) is 5.12. The van der Waals surface area contributed by atoms with Crippen molar-refractivity contribution in [2.24, 2.45) is 0 Å². The minimum atomic E-state index is -0.163. The molecule has 0 fully saturated rings. The molecule has 0 saturated carbocycles. The van der Waals surface area contributed by atoms with Crippen molar-refractivity contribution in [3.8, 4) is 5.75 Å². The zero-order valence-electron chi connectivity index (χ0n) is 17.2. The second-order valence-corrected chi connectivity index (χ2v) is 7.20. The zero-order chi connectivity index (χ0) is 20.3. The van der Waals surface area contributed by atoms with Gasteiger partial charge in [0.25, 0.3) is 5.91 Å². The molecule has 1 amide bonds. The molecule has 2 atom stereocenters. The summed E-state index contributed by atoms with van der Waals surface area (Å²) in [6.07, 6.45) is 0.628. The summed E-state index contributed by atoms with van der Waals surface area (Å²) < 4.78 is 18.2. The number of hydrogen-bond donors (Lipinski definition) is 1. The van der Waals surface area contributed by atoms with Crippen molar-refractivity contribution in [1.82, 2.24) is 15.1 Å². The predicted octanol–water partition coefficient (Wildman–Crippen LogP) is 2.80. The lowest BCUT2D eigenvalue weighted by atomic mass is 9.99. The van der Waals surface area contributed by atoms with E-state index < -0.39 is 0 Å². The van der Waals surface area contributed by atoms with Gasteiger partial charge in [-0.15, -0.1) is 0 Å². The Morgan fingerprint density at radius 3 is 2.82 bits per heavy atom. The summed E-state index contributed by atoms with van der Waals surface area (Å²) in [6.45, 7) is 7.59. The van der Waals surface area contributed by atoms with Crippen LogP contribution in [-0.2, 0) is 29.0 Å². The fraction of sp³-hybridized carbons (Fsp3) is 0.524. The van der Waals surface area contributed by atoms with Gasteiger partial charge in [0.2, 0.25) is 0 Å². The molecule has 7 nitrogen and oxygen atoms in total. The normalized spacial score (nSPS) is 18.6. The van der Waals surface area contributed by atoms with Crippen molar-refractivity contribution >= 4 is 5.91 Å². The Balaban J connectivity index is 1.81. The maximum atomic E-state index is 12.9. The molecule has 0 spiro atoms. The molecular formula is C21H29N3O4. The highest BCUT2D eigenvalue weighted by Crippen LogP contribution is 2.32. The van der Waals surface area contributed by atoms with E-state index in [0.29, 0.717) is 31.8 Å². The number of nitrogens with one attached hydrogen (secondary N) is 1. The number of fused-ring (bicyclic) bond motifs is 1. The minimum absolute atomic E-state index is 0.0537. The van der Waals surface area contributed by atoms with Crippen LogP contribution in [0.15, 0.2) is 18.2 Å². The molecule has 3 rings (SSSR count). The largest absolute Gasteiger partial charge is 0.497 e. The van der Waals surface area contributed by atoms with E-state index in [1.54, 1.807) is 14.2 Å². The molecule has 0 bridgehead atoms. The monoisotopic (exact) mass is 387 g/mol. The first-order valence-corrected chi connectivity index (χ1v) is 9.60.